The quantitative estimate of drug-likeness (QED) is 0.816. The Labute approximate surface area is 138 Å². The third-order valence-electron chi connectivity index (χ3n) is 5.31. The Balaban J connectivity index is 1.75. The Morgan fingerprint density at radius 2 is 1.67 bits per heavy atom. The second kappa shape index (κ2) is 4.98. The summed E-state index contributed by atoms with van der Waals surface area (Å²) in [5, 5.41) is 10.8. The molecule has 1 saturated heterocycles. The van der Waals surface area contributed by atoms with E-state index in [-0.39, 0.29) is 37.1 Å². The van der Waals surface area contributed by atoms with Gasteiger partial charge in [0.05, 0.1) is 18.6 Å². The summed E-state index contributed by atoms with van der Waals surface area (Å²) in [5.41, 5.74) is 2.75. The molecule has 0 amide bonds. The van der Waals surface area contributed by atoms with Gasteiger partial charge in [-0.1, -0.05) is 30.3 Å². The van der Waals surface area contributed by atoms with E-state index >= 15 is 0 Å². The number of cyclic esters (lactones) is 1. The number of carbonyl (C=O) groups excluding carboxylic acids is 1. The maximum Gasteiger partial charge on any atom is 0.310 e. The van der Waals surface area contributed by atoms with Crippen LogP contribution in [-0.2, 0) is 9.53 Å². The predicted octanol–water partition coefficient (Wildman–Crippen LogP) is 2.38. The number of hydrogen-bond donors (Lipinski definition) is 1. The molecule has 2 aliphatic heterocycles. The molecule has 1 fully saturated rings. The first-order valence-corrected chi connectivity index (χ1v) is 8.07. The molecule has 0 unspecified atom stereocenters. The minimum absolute atomic E-state index is 0.154. The van der Waals surface area contributed by atoms with Gasteiger partial charge in [0.15, 0.2) is 11.5 Å². The summed E-state index contributed by atoms with van der Waals surface area (Å²) >= 11 is 0. The van der Waals surface area contributed by atoms with Crippen molar-refractivity contribution < 1.29 is 24.1 Å². The Morgan fingerprint density at radius 3 is 2.42 bits per heavy atom. The zero-order valence-electron chi connectivity index (χ0n) is 12.8. The van der Waals surface area contributed by atoms with Gasteiger partial charge in [0, 0.05) is 11.8 Å². The molecule has 5 rings (SSSR count). The number of ether oxygens (including phenoxy) is 3. The van der Waals surface area contributed by atoms with Crippen molar-refractivity contribution in [1.29, 1.82) is 0 Å². The average Bonchev–Trinajstić information content (AvgIpc) is 3.22. The topological polar surface area (TPSA) is 65.0 Å². The number of benzene rings is 2. The van der Waals surface area contributed by atoms with Crippen LogP contribution in [0.3, 0.4) is 0 Å². The second-order valence-corrected chi connectivity index (χ2v) is 6.49. The number of aliphatic hydroxyl groups is 1. The van der Waals surface area contributed by atoms with E-state index in [1.807, 2.05) is 42.5 Å². The molecule has 2 aromatic carbocycles. The minimum Gasteiger partial charge on any atom is -0.465 e. The number of esters is 1. The molecule has 2 heterocycles. The molecule has 0 saturated carbocycles. The summed E-state index contributed by atoms with van der Waals surface area (Å²) in [6.45, 7) is 0.432. The van der Waals surface area contributed by atoms with Gasteiger partial charge in [0.25, 0.3) is 0 Å². The van der Waals surface area contributed by atoms with Crippen LogP contribution in [0.15, 0.2) is 42.5 Å². The van der Waals surface area contributed by atoms with Gasteiger partial charge in [-0.05, 0) is 28.8 Å². The van der Waals surface area contributed by atoms with Crippen molar-refractivity contribution in [2.75, 3.05) is 13.4 Å². The molecule has 3 aliphatic rings. The van der Waals surface area contributed by atoms with Crippen molar-refractivity contribution in [3.63, 3.8) is 0 Å². The lowest BCUT2D eigenvalue weighted by atomic mass is 9.66. The first kappa shape index (κ1) is 13.9. The molecule has 24 heavy (non-hydrogen) atoms. The standard InChI is InChI=1S/C19H16O5/c20-18-12-7-15-14(23-9-24-15)6-11(12)16(10-4-2-1-3-5-10)17-13(18)8-22-19(17)21/h1-7,13,16-18,20H,8-9H2/t13-,16+,17-,18-/m0/s1. The van der Waals surface area contributed by atoms with Crippen LogP contribution in [-0.4, -0.2) is 24.5 Å². The lowest BCUT2D eigenvalue weighted by Crippen LogP contribution is -2.34. The smallest absolute Gasteiger partial charge is 0.310 e. The monoisotopic (exact) mass is 324 g/mol. The highest BCUT2D eigenvalue weighted by Crippen LogP contribution is 2.53. The molecular formula is C19H16O5. The van der Waals surface area contributed by atoms with Crippen LogP contribution < -0.4 is 9.47 Å². The lowest BCUT2D eigenvalue weighted by Gasteiger charge is -2.36. The fourth-order valence-electron chi connectivity index (χ4n) is 4.19. The maximum absolute atomic E-state index is 12.4. The van der Waals surface area contributed by atoms with Crippen LogP contribution in [0.5, 0.6) is 11.5 Å². The summed E-state index contributed by atoms with van der Waals surface area (Å²) in [7, 11) is 0. The normalized spacial score (nSPS) is 29.8. The van der Waals surface area contributed by atoms with E-state index < -0.39 is 6.10 Å². The van der Waals surface area contributed by atoms with Crippen molar-refractivity contribution in [1.82, 2.24) is 0 Å². The van der Waals surface area contributed by atoms with Gasteiger partial charge in [-0.15, -0.1) is 0 Å². The molecule has 4 atom stereocenters. The molecule has 5 heteroatoms. The van der Waals surface area contributed by atoms with Gasteiger partial charge in [0.2, 0.25) is 6.79 Å². The lowest BCUT2D eigenvalue weighted by molar-refractivity contribution is -0.141. The highest BCUT2D eigenvalue weighted by Gasteiger charge is 2.51. The summed E-state index contributed by atoms with van der Waals surface area (Å²) in [4.78, 5) is 12.4. The third kappa shape index (κ3) is 1.82. The van der Waals surface area contributed by atoms with Crippen LogP contribution in [0.25, 0.3) is 0 Å². The van der Waals surface area contributed by atoms with Gasteiger partial charge in [-0.2, -0.15) is 0 Å². The number of carbonyl (C=O) groups is 1. The van der Waals surface area contributed by atoms with Gasteiger partial charge in [-0.3, -0.25) is 4.79 Å². The van der Waals surface area contributed by atoms with Crippen LogP contribution in [0.1, 0.15) is 28.7 Å². The van der Waals surface area contributed by atoms with Gasteiger partial charge in [0.1, 0.15) is 0 Å². The Bertz CT molecular complexity index is 816. The molecule has 122 valence electrons. The minimum atomic E-state index is -0.745. The van der Waals surface area contributed by atoms with Crippen molar-refractivity contribution in [2.45, 2.75) is 12.0 Å². The Hall–Kier alpha value is -2.53. The van der Waals surface area contributed by atoms with Crippen molar-refractivity contribution in [2.24, 2.45) is 11.8 Å². The van der Waals surface area contributed by atoms with E-state index in [1.54, 1.807) is 0 Å². The van der Waals surface area contributed by atoms with E-state index in [4.69, 9.17) is 14.2 Å². The second-order valence-electron chi connectivity index (χ2n) is 6.49. The fraction of sp³-hybridized carbons (Fsp3) is 0.316. The zero-order valence-corrected chi connectivity index (χ0v) is 12.8. The summed E-state index contributed by atoms with van der Waals surface area (Å²) in [5.74, 6) is 0.288. The molecule has 0 bridgehead atoms. The van der Waals surface area contributed by atoms with Gasteiger partial charge < -0.3 is 19.3 Å². The average molecular weight is 324 g/mol. The van der Waals surface area contributed by atoms with Crippen molar-refractivity contribution in [3.8, 4) is 11.5 Å². The summed E-state index contributed by atoms with van der Waals surface area (Å²) in [6, 6.07) is 13.6. The van der Waals surface area contributed by atoms with Crippen LogP contribution in [0.4, 0.5) is 0 Å². The number of fused-ring (bicyclic) bond motifs is 3. The Morgan fingerprint density at radius 1 is 0.958 bits per heavy atom. The zero-order chi connectivity index (χ0) is 16.3. The first-order chi connectivity index (χ1) is 11.7. The predicted molar refractivity (Wildman–Crippen MR) is 83.7 cm³/mol. The van der Waals surface area contributed by atoms with Gasteiger partial charge in [-0.25, -0.2) is 0 Å². The van der Waals surface area contributed by atoms with E-state index in [1.165, 1.54) is 0 Å². The number of rotatable bonds is 1. The molecular weight excluding hydrogens is 308 g/mol. The molecule has 0 aromatic heterocycles. The SMILES string of the molecule is O=C1OC[C@H]2[C@H]1[C@H](c1ccccc1)c1cc3c(cc1[C@@H]2O)OCO3. The molecule has 5 nitrogen and oxygen atoms in total. The molecule has 2 aromatic rings. The van der Waals surface area contributed by atoms with Crippen molar-refractivity contribution in [3.05, 3.63) is 59.2 Å². The molecule has 0 spiro atoms. The summed E-state index contributed by atoms with van der Waals surface area (Å²) in [6.07, 6.45) is -0.745. The fourth-order valence-corrected chi connectivity index (χ4v) is 4.19. The van der Waals surface area contributed by atoms with Crippen LogP contribution >= 0.6 is 0 Å². The summed E-state index contributed by atoms with van der Waals surface area (Å²) < 4.78 is 16.2. The number of hydrogen-bond acceptors (Lipinski definition) is 5. The molecule has 0 radical (unpaired) electrons. The van der Waals surface area contributed by atoms with Crippen molar-refractivity contribution >= 4 is 5.97 Å². The van der Waals surface area contributed by atoms with Crippen LogP contribution in [0.2, 0.25) is 0 Å². The van der Waals surface area contributed by atoms with E-state index in [0.29, 0.717) is 11.5 Å². The first-order valence-electron chi connectivity index (χ1n) is 8.07. The number of aliphatic hydroxyl groups excluding tert-OH is 1. The van der Waals surface area contributed by atoms with Gasteiger partial charge >= 0.3 is 5.97 Å². The van der Waals surface area contributed by atoms with Crippen LogP contribution in [0, 0.1) is 11.8 Å². The van der Waals surface area contributed by atoms with E-state index in [9.17, 15) is 9.90 Å². The largest absolute Gasteiger partial charge is 0.465 e. The Kier molecular flexibility index (Phi) is 2.88. The molecule has 1 aliphatic carbocycles. The highest BCUT2D eigenvalue weighted by molar-refractivity contribution is 5.78. The highest BCUT2D eigenvalue weighted by atomic mass is 16.7. The third-order valence-corrected chi connectivity index (χ3v) is 5.31. The van der Waals surface area contributed by atoms with E-state index in [2.05, 4.69) is 0 Å². The molecule has 1 N–H and O–H groups in total. The van der Waals surface area contributed by atoms with E-state index in [0.717, 1.165) is 16.7 Å². The maximum atomic E-state index is 12.4.